The lowest BCUT2D eigenvalue weighted by molar-refractivity contribution is -0.119. The number of rotatable bonds is 6. The van der Waals surface area contributed by atoms with E-state index in [-0.39, 0.29) is 20.8 Å². The molecule has 34 heavy (non-hydrogen) atoms. The van der Waals surface area contributed by atoms with Crippen LogP contribution in [-0.4, -0.2) is 50.0 Å². The van der Waals surface area contributed by atoms with Crippen LogP contribution < -0.4 is 10.2 Å². The fourth-order valence-electron chi connectivity index (χ4n) is 3.88. The minimum atomic E-state index is -0.881. The molecular weight excluding hydrogens is 442 g/mol. The molecule has 1 aliphatic heterocycles. The maximum absolute atomic E-state index is 13.4. The van der Waals surface area contributed by atoms with Gasteiger partial charge in [0.2, 0.25) is 5.91 Å². The molecule has 3 heterocycles. The highest BCUT2D eigenvalue weighted by atomic mass is 19.2. The molecule has 0 spiro atoms. The van der Waals surface area contributed by atoms with E-state index in [1.54, 1.807) is 36.7 Å². The zero-order chi connectivity index (χ0) is 23.0. The normalized spacial score (nSPS) is 15.6. The lowest BCUT2D eigenvalue weighted by atomic mass is 10.1. The van der Waals surface area contributed by atoms with Crippen molar-refractivity contribution in [1.29, 1.82) is 0 Å². The smallest absolute Gasteiger partial charge is 0.249 e. The van der Waals surface area contributed by atoms with Crippen LogP contribution in [0.1, 0.15) is 44.4 Å². The highest BCUT2D eigenvalue weighted by Crippen LogP contribution is 2.32. The molecule has 1 amide bonds. The van der Waals surface area contributed by atoms with E-state index in [4.69, 9.17) is 0 Å². The van der Waals surface area contributed by atoms with Crippen molar-refractivity contribution in [2.24, 2.45) is 0 Å². The molecule has 0 radical (unpaired) electrons. The predicted molar refractivity (Wildman–Crippen MR) is 128 cm³/mol. The topological polar surface area (TPSA) is 96.2 Å². The van der Waals surface area contributed by atoms with Gasteiger partial charge in [-0.25, -0.2) is 18.7 Å². The van der Waals surface area contributed by atoms with Crippen molar-refractivity contribution in [2.45, 2.75) is 60.2 Å². The number of halogens is 2. The van der Waals surface area contributed by atoms with Crippen LogP contribution in [-0.2, 0) is 24.2 Å². The van der Waals surface area contributed by atoms with E-state index in [9.17, 15) is 18.7 Å². The summed E-state index contributed by atoms with van der Waals surface area (Å²) in [6.45, 7) is 3.70. The Bertz CT molecular complexity index is 1160. The second-order valence-corrected chi connectivity index (χ2v) is 8.00. The monoisotopic (exact) mass is 474 g/mol. The number of anilines is 2. The van der Waals surface area contributed by atoms with E-state index in [1.807, 2.05) is 6.20 Å². The first-order chi connectivity index (χ1) is 15.2. The molecule has 184 valence electrons. The van der Waals surface area contributed by atoms with E-state index < -0.39 is 23.8 Å². The molecule has 4 rings (SSSR count). The van der Waals surface area contributed by atoms with Crippen molar-refractivity contribution in [1.82, 2.24) is 19.7 Å². The van der Waals surface area contributed by atoms with Gasteiger partial charge in [0.25, 0.3) is 0 Å². The average Bonchev–Trinajstić information content (AvgIpc) is 3.17. The second kappa shape index (κ2) is 10.7. The molecular formula is C24H32F2N6O2. The maximum atomic E-state index is 13.4. The zero-order valence-corrected chi connectivity index (χ0v) is 18.0. The van der Waals surface area contributed by atoms with Gasteiger partial charge >= 0.3 is 0 Å². The molecule has 8 nitrogen and oxygen atoms in total. The molecule has 2 atom stereocenters. The number of carbonyl (C=O) groups excluding carboxylic acids is 1. The lowest BCUT2D eigenvalue weighted by Gasteiger charge is -2.36. The highest BCUT2D eigenvalue weighted by molar-refractivity contribution is 6.03. The average molecular weight is 475 g/mol. The van der Waals surface area contributed by atoms with Crippen molar-refractivity contribution in [2.75, 3.05) is 17.3 Å². The minimum absolute atomic E-state index is 0. The number of aryl methyl sites for hydroxylation is 3. The second-order valence-electron chi connectivity index (χ2n) is 8.00. The van der Waals surface area contributed by atoms with Crippen molar-refractivity contribution in [3.63, 3.8) is 0 Å². The Balaban J connectivity index is 0.00000204. The van der Waals surface area contributed by atoms with Gasteiger partial charge in [-0.1, -0.05) is 20.9 Å². The Hall–Kier alpha value is -3.40. The Morgan fingerprint density at radius 1 is 1.15 bits per heavy atom. The summed E-state index contributed by atoms with van der Waals surface area (Å²) in [6, 6.07) is 3.07. The minimum Gasteiger partial charge on any atom is -0.391 e. The molecule has 0 saturated heterocycles. The number of nitrogens with zero attached hydrogens (tertiary/aromatic N) is 5. The first kappa shape index (κ1) is 26.8. The molecule has 0 fully saturated rings. The van der Waals surface area contributed by atoms with Gasteiger partial charge in [-0.15, -0.1) is 0 Å². The van der Waals surface area contributed by atoms with Crippen LogP contribution in [0.3, 0.4) is 0 Å². The van der Waals surface area contributed by atoms with Crippen LogP contribution in [0.2, 0.25) is 0 Å². The standard InChI is InChI=1S/C22H24F2N6O2.2CH4/c1-12-19-21(29(3)20(13(2)31)22(32)28-19)27-18(26-12)7-5-15-9-25-30(11-15)10-14-4-6-16(23)17(24)8-14;;/h4,6,8-9,11,13,20,31H,5,7,10H2,1-3H3,(H,28,32);2*1H4/t13-,20+;;/m1../s1. The number of hydrogen-bond acceptors (Lipinski definition) is 6. The molecule has 0 bridgehead atoms. The quantitative estimate of drug-likeness (QED) is 0.568. The Morgan fingerprint density at radius 2 is 1.88 bits per heavy atom. The number of aromatic nitrogens is 4. The Morgan fingerprint density at radius 3 is 2.56 bits per heavy atom. The van der Waals surface area contributed by atoms with Crippen LogP contribution in [0.25, 0.3) is 0 Å². The van der Waals surface area contributed by atoms with Crippen LogP contribution in [0.5, 0.6) is 0 Å². The van der Waals surface area contributed by atoms with E-state index in [0.29, 0.717) is 48.0 Å². The number of nitrogens with one attached hydrogen (secondary N) is 1. The maximum Gasteiger partial charge on any atom is 0.249 e. The van der Waals surface area contributed by atoms with Gasteiger partial charge < -0.3 is 15.3 Å². The molecule has 0 saturated carbocycles. The summed E-state index contributed by atoms with van der Waals surface area (Å²) < 4.78 is 28.2. The van der Waals surface area contributed by atoms with Gasteiger partial charge in [-0.3, -0.25) is 9.48 Å². The van der Waals surface area contributed by atoms with Gasteiger partial charge in [-0.05, 0) is 43.5 Å². The molecule has 10 heteroatoms. The van der Waals surface area contributed by atoms with Gasteiger partial charge in [-0.2, -0.15) is 5.10 Å². The first-order valence-corrected chi connectivity index (χ1v) is 10.3. The number of aliphatic hydroxyl groups is 1. The van der Waals surface area contributed by atoms with Crippen LogP contribution in [0.15, 0.2) is 30.6 Å². The van der Waals surface area contributed by atoms with E-state index in [1.165, 1.54) is 6.07 Å². The third-order valence-corrected chi connectivity index (χ3v) is 5.49. The fraction of sp³-hybridized carbons (Fsp3) is 0.417. The zero-order valence-electron chi connectivity index (χ0n) is 18.0. The van der Waals surface area contributed by atoms with Crippen LogP contribution >= 0.6 is 0 Å². The van der Waals surface area contributed by atoms with Crippen molar-refractivity contribution < 1.29 is 18.7 Å². The summed E-state index contributed by atoms with van der Waals surface area (Å²) in [6.07, 6.45) is 3.90. The number of carbonyl (C=O) groups is 1. The molecule has 3 aromatic rings. The van der Waals surface area contributed by atoms with Gasteiger partial charge in [0.15, 0.2) is 17.5 Å². The Labute approximate surface area is 198 Å². The third kappa shape index (κ3) is 5.39. The molecule has 2 N–H and O–H groups in total. The van der Waals surface area contributed by atoms with Crippen LogP contribution in [0, 0.1) is 18.6 Å². The van der Waals surface area contributed by atoms with Crippen molar-refractivity contribution in [3.8, 4) is 0 Å². The van der Waals surface area contributed by atoms with Gasteiger partial charge in [0.1, 0.15) is 17.6 Å². The SMILES string of the molecule is C.C.Cc1nc(CCc2cnn(Cc3ccc(F)c(F)c3)c2)nc2c1NC(=O)[C@H]([C@@H](C)O)N2C. The number of likely N-dealkylation sites (N-methyl/N-ethyl adjacent to an activating group) is 1. The molecule has 0 aliphatic carbocycles. The molecule has 2 aromatic heterocycles. The fourth-order valence-corrected chi connectivity index (χ4v) is 3.88. The largest absolute Gasteiger partial charge is 0.391 e. The van der Waals surface area contributed by atoms with Crippen molar-refractivity contribution in [3.05, 3.63) is 64.9 Å². The van der Waals surface area contributed by atoms with Gasteiger partial charge in [0, 0.05) is 19.7 Å². The number of fused-ring (bicyclic) bond motifs is 1. The van der Waals surface area contributed by atoms with Gasteiger partial charge in [0.05, 0.1) is 24.5 Å². The molecule has 1 aromatic carbocycles. The third-order valence-electron chi connectivity index (χ3n) is 5.49. The summed E-state index contributed by atoms with van der Waals surface area (Å²) in [5, 5.41) is 17.1. The molecule has 1 aliphatic rings. The lowest BCUT2D eigenvalue weighted by Crippen LogP contribution is -2.52. The number of amides is 1. The van der Waals surface area contributed by atoms with Crippen molar-refractivity contribution >= 4 is 17.4 Å². The summed E-state index contributed by atoms with van der Waals surface area (Å²) in [7, 11) is 1.73. The van der Waals surface area contributed by atoms with Crippen LogP contribution in [0.4, 0.5) is 20.3 Å². The Kier molecular flexibility index (Phi) is 8.44. The number of hydrogen-bond donors (Lipinski definition) is 2. The first-order valence-electron chi connectivity index (χ1n) is 10.3. The highest BCUT2D eigenvalue weighted by Gasteiger charge is 2.36. The number of aliphatic hydroxyl groups excluding tert-OH is 1. The molecule has 0 unspecified atom stereocenters. The summed E-state index contributed by atoms with van der Waals surface area (Å²) in [4.78, 5) is 23.1. The van der Waals surface area contributed by atoms with E-state index in [0.717, 1.165) is 17.7 Å². The summed E-state index contributed by atoms with van der Waals surface area (Å²) >= 11 is 0. The van der Waals surface area contributed by atoms with E-state index in [2.05, 4.69) is 20.4 Å². The summed E-state index contributed by atoms with van der Waals surface area (Å²) in [5.41, 5.74) is 2.78. The van der Waals surface area contributed by atoms with E-state index >= 15 is 0 Å². The predicted octanol–water partition coefficient (Wildman–Crippen LogP) is 3.50. The number of benzene rings is 1. The summed E-state index contributed by atoms with van der Waals surface area (Å²) in [5.74, 6) is -0.856.